The summed E-state index contributed by atoms with van der Waals surface area (Å²) in [4.78, 5) is 11.1. The first kappa shape index (κ1) is 14.9. The quantitative estimate of drug-likeness (QED) is 0.899. The first-order valence-corrected chi connectivity index (χ1v) is 6.28. The lowest BCUT2D eigenvalue weighted by atomic mass is 10.2. The van der Waals surface area contributed by atoms with Crippen molar-refractivity contribution in [3.05, 3.63) is 17.0 Å². The van der Waals surface area contributed by atoms with Gasteiger partial charge < -0.3 is 9.84 Å². The molecule has 0 aliphatic heterocycles. The molecule has 0 bridgehead atoms. The van der Waals surface area contributed by atoms with Gasteiger partial charge in [0.15, 0.2) is 0 Å². The van der Waals surface area contributed by atoms with E-state index in [1.54, 1.807) is 13.8 Å². The van der Waals surface area contributed by atoms with Gasteiger partial charge in [-0.2, -0.15) is 13.2 Å². The Morgan fingerprint density at radius 3 is 2.61 bits per heavy atom. The number of carbonyl (C=O) groups is 1. The molecule has 0 aliphatic carbocycles. The van der Waals surface area contributed by atoms with Gasteiger partial charge in [-0.05, 0) is 13.8 Å². The van der Waals surface area contributed by atoms with Crippen LogP contribution in [-0.4, -0.2) is 29.5 Å². The molecular weight excluding hydrogens is 269 g/mol. The number of alkyl halides is 3. The van der Waals surface area contributed by atoms with Crippen LogP contribution in [-0.2, 0) is 10.5 Å². The normalized spacial score (nSPS) is 11.6. The van der Waals surface area contributed by atoms with Crippen molar-refractivity contribution in [1.29, 1.82) is 0 Å². The molecule has 0 radical (unpaired) electrons. The van der Waals surface area contributed by atoms with Gasteiger partial charge in [0.2, 0.25) is 5.91 Å². The summed E-state index contributed by atoms with van der Waals surface area (Å²) >= 11 is 1.22. The van der Waals surface area contributed by atoms with Crippen LogP contribution < -0.4 is 5.32 Å². The lowest BCUT2D eigenvalue weighted by molar-refractivity contribution is -0.136. The molecule has 1 N–H and O–H groups in total. The van der Waals surface area contributed by atoms with E-state index in [1.807, 2.05) is 5.32 Å². The summed E-state index contributed by atoms with van der Waals surface area (Å²) < 4.78 is 40.4. The Morgan fingerprint density at radius 2 is 2.11 bits per heavy atom. The molecule has 0 aromatic carbocycles. The smallest absolute Gasteiger partial charge is 0.361 e. The summed E-state index contributed by atoms with van der Waals surface area (Å²) in [5.41, 5.74) is 1.61. The topological polar surface area (TPSA) is 55.1 Å². The molecule has 0 aliphatic rings. The summed E-state index contributed by atoms with van der Waals surface area (Å²) in [5, 5.41) is 5.55. The molecule has 0 saturated heterocycles. The van der Waals surface area contributed by atoms with Crippen molar-refractivity contribution in [2.24, 2.45) is 0 Å². The first-order valence-electron chi connectivity index (χ1n) is 5.12. The Balaban J connectivity index is 2.28. The maximum atomic E-state index is 11.8. The predicted molar refractivity (Wildman–Crippen MR) is 61.2 cm³/mol. The average molecular weight is 282 g/mol. The molecule has 0 atom stereocenters. The van der Waals surface area contributed by atoms with Gasteiger partial charge >= 0.3 is 6.18 Å². The Kier molecular flexibility index (Phi) is 5.06. The van der Waals surface area contributed by atoms with Gasteiger partial charge in [-0.1, -0.05) is 5.16 Å². The van der Waals surface area contributed by atoms with E-state index in [4.69, 9.17) is 4.52 Å². The van der Waals surface area contributed by atoms with Crippen molar-refractivity contribution < 1.29 is 22.5 Å². The molecule has 1 amide bonds. The number of halogens is 3. The highest BCUT2D eigenvalue weighted by Crippen LogP contribution is 2.19. The second-order valence-electron chi connectivity index (χ2n) is 3.69. The van der Waals surface area contributed by atoms with E-state index < -0.39 is 18.6 Å². The summed E-state index contributed by atoms with van der Waals surface area (Å²) in [7, 11) is 0. The molecule has 102 valence electrons. The number of amides is 1. The molecular formula is C10H13F3N2O2S. The van der Waals surface area contributed by atoms with E-state index in [2.05, 4.69) is 5.16 Å². The van der Waals surface area contributed by atoms with Crippen LogP contribution in [0.15, 0.2) is 4.52 Å². The zero-order valence-corrected chi connectivity index (χ0v) is 10.7. The summed E-state index contributed by atoms with van der Waals surface area (Å²) in [5.74, 6) is 0.487. The van der Waals surface area contributed by atoms with Crippen molar-refractivity contribution in [2.45, 2.75) is 25.8 Å². The van der Waals surface area contributed by atoms with E-state index in [1.165, 1.54) is 11.8 Å². The minimum absolute atomic E-state index is 0.0276. The highest BCUT2D eigenvalue weighted by Gasteiger charge is 2.27. The molecule has 0 spiro atoms. The van der Waals surface area contributed by atoms with E-state index in [0.717, 1.165) is 11.3 Å². The molecule has 8 heteroatoms. The third kappa shape index (κ3) is 4.99. The van der Waals surface area contributed by atoms with Gasteiger partial charge in [0.1, 0.15) is 12.3 Å². The van der Waals surface area contributed by atoms with Crippen LogP contribution in [0, 0.1) is 13.8 Å². The fourth-order valence-corrected chi connectivity index (χ4v) is 2.21. The van der Waals surface area contributed by atoms with Crippen LogP contribution in [0.1, 0.15) is 17.0 Å². The molecule has 1 rings (SSSR count). The fourth-order valence-electron chi connectivity index (χ4n) is 1.20. The number of rotatable bonds is 5. The maximum absolute atomic E-state index is 11.8. The Hall–Kier alpha value is -1.18. The standard InChI is InChI=1S/C10H13F3N2O2S/c1-6-8(7(2)17-15-6)3-18-4-9(16)14-5-10(11,12)13/h3-5H2,1-2H3,(H,14,16). The number of aromatic nitrogens is 1. The lowest BCUT2D eigenvalue weighted by Gasteiger charge is -2.07. The molecule has 0 saturated carbocycles. The molecule has 1 aromatic heterocycles. The van der Waals surface area contributed by atoms with E-state index >= 15 is 0 Å². The van der Waals surface area contributed by atoms with Crippen LogP contribution in [0.3, 0.4) is 0 Å². The third-order valence-electron chi connectivity index (χ3n) is 2.15. The van der Waals surface area contributed by atoms with Gasteiger partial charge in [-0.25, -0.2) is 0 Å². The van der Waals surface area contributed by atoms with E-state index in [-0.39, 0.29) is 5.75 Å². The minimum Gasteiger partial charge on any atom is -0.361 e. The van der Waals surface area contributed by atoms with Crippen LogP contribution >= 0.6 is 11.8 Å². The Bertz CT molecular complexity index is 398. The summed E-state index contributed by atoms with van der Waals surface area (Å²) in [6.45, 7) is 2.23. The number of nitrogens with zero attached hydrogens (tertiary/aromatic N) is 1. The zero-order chi connectivity index (χ0) is 13.8. The van der Waals surface area contributed by atoms with Crippen molar-refractivity contribution in [2.75, 3.05) is 12.3 Å². The highest BCUT2D eigenvalue weighted by atomic mass is 32.2. The highest BCUT2D eigenvalue weighted by molar-refractivity contribution is 7.99. The second-order valence-corrected chi connectivity index (χ2v) is 4.67. The number of carbonyl (C=O) groups excluding carboxylic acids is 1. The number of hydrogen-bond donors (Lipinski definition) is 1. The Morgan fingerprint density at radius 1 is 1.44 bits per heavy atom. The lowest BCUT2D eigenvalue weighted by Crippen LogP contribution is -2.34. The zero-order valence-electron chi connectivity index (χ0n) is 9.93. The molecule has 1 heterocycles. The number of aryl methyl sites for hydroxylation is 2. The summed E-state index contributed by atoms with van der Waals surface area (Å²) in [6.07, 6.45) is -4.37. The number of nitrogens with one attached hydrogen (secondary N) is 1. The van der Waals surface area contributed by atoms with Gasteiger partial charge in [-0.15, -0.1) is 11.8 Å². The van der Waals surface area contributed by atoms with Crippen LogP contribution in [0.2, 0.25) is 0 Å². The molecule has 18 heavy (non-hydrogen) atoms. The van der Waals surface area contributed by atoms with Gasteiger partial charge in [0.05, 0.1) is 11.4 Å². The van der Waals surface area contributed by atoms with Gasteiger partial charge in [0.25, 0.3) is 0 Å². The van der Waals surface area contributed by atoms with E-state index in [9.17, 15) is 18.0 Å². The first-order chi connectivity index (χ1) is 8.29. The number of hydrogen-bond acceptors (Lipinski definition) is 4. The summed E-state index contributed by atoms with van der Waals surface area (Å²) in [6, 6.07) is 0. The SMILES string of the molecule is Cc1noc(C)c1CSCC(=O)NCC(F)(F)F. The second kappa shape index (κ2) is 6.12. The molecule has 4 nitrogen and oxygen atoms in total. The molecule has 0 fully saturated rings. The van der Waals surface area contributed by atoms with Gasteiger partial charge in [0, 0.05) is 11.3 Å². The maximum Gasteiger partial charge on any atom is 0.405 e. The van der Waals surface area contributed by atoms with Crippen molar-refractivity contribution >= 4 is 17.7 Å². The largest absolute Gasteiger partial charge is 0.405 e. The van der Waals surface area contributed by atoms with Crippen LogP contribution in [0.25, 0.3) is 0 Å². The van der Waals surface area contributed by atoms with Crippen molar-refractivity contribution in [3.8, 4) is 0 Å². The number of thioether (sulfide) groups is 1. The van der Waals surface area contributed by atoms with Crippen molar-refractivity contribution in [1.82, 2.24) is 10.5 Å². The molecule has 1 aromatic rings. The van der Waals surface area contributed by atoms with E-state index in [0.29, 0.717) is 11.5 Å². The fraction of sp³-hybridized carbons (Fsp3) is 0.600. The van der Waals surface area contributed by atoms with Gasteiger partial charge in [-0.3, -0.25) is 4.79 Å². The monoisotopic (exact) mass is 282 g/mol. The Labute approximate surface area is 106 Å². The van der Waals surface area contributed by atoms with Crippen molar-refractivity contribution in [3.63, 3.8) is 0 Å². The third-order valence-corrected chi connectivity index (χ3v) is 3.11. The average Bonchev–Trinajstić information content (AvgIpc) is 2.57. The molecule has 0 unspecified atom stereocenters. The predicted octanol–water partition coefficient (Wildman–Crippen LogP) is 2.20. The minimum atomic E-state index is -4.37. The van der Waals surface area contributed by atoms with Crippen LogP contribution in [0.4, 0.5) is 13.2 Å². The van der Waals surface area contributed by atoms with Crippen LogP contribution in [0.5, 0.6) is 0 Å².